The first-order chi connectivity index (χ1) is 6.90. The van der Waals surface area contributed by atoms with E-state index < -0.39 is 0 Å². The summed E-state index contributed by atoms with van der Waals surface area (Å²) < 4.78 is 11.6. The lowest BCUT2D eigenvalue weighted by atomic mass is 9.99. The summed E-state index contributed by atoms with van der Waals surface area (Å²) in [5.74, 6) is 0. The van der Waals surface area contributed by atoms with Crippen LogP contribution in [0.5, 0.6) is 0 Å². The fourth-order valence-corrected chi connectivity index (χ4v) is 2.11. The highest BCUT2D eigenvalue weighted by atomic mass is 16.5. The number of hydrogen-bond acceptors (Lipinski definition) is 2. The highest BCUT2D eigenvalue weighted by molar-refractivity contribution is 5.01. The van der Waals surface area contributed by atoms with Gasteiger partial charge in [-0.2, -0.15) is 0 Å². The molecule has 0 aromatic carbocycles. The molecule has 0 bridgehead atoms. The van der Waals surface area contributed by atoms with Gasteiger partial charge in [-0.05, 0) is 25.7 Å². The first kappa shape index (κ1) is 9.94. The summed E-state index contributed by atoms with van der Waals surface area (Å²) in [5.41, 5.74) is 0. The Morgan fingerprint density at radius 3 is 3.07 bits per heavy atom. The fraction of sp³-hybridized carbons (Fsp3) is 0.667. The van der Waals surface area contributed by atoms with Crippen LogP contribution in [0.25, 0.3) is 0 Å². The van der Waals surface area contributed by atoms with Crippen LogP contribution in [0.3, 0.4) is 0 Å². The second-order valence-corrected chi connectivity index (χ2v) is 3.93. The van der Waals surface area contributed by atoms with E-state index in [1.165, 1.54) is 0 Å². The number of hydrogen-bond donors (Lipinski definition) is 0. The van der Waals surface area contributed by atoms with Crippen molar-refractivity contribution < 1.29 is 9.47 Å². The Bertz CT molecular complexity index is 222. The Hall–Kier alpha value is -0.600. The van der Waals surface area contributed by atoms with Crippen LogP contribution in [-0.4, -0.2) is 24.9 Å². The van der Waals surface area contributed by atoms with Crippen molar-refractivity contribution >= 4 is 0 Å². The number of rotatable bonds is 1. The normalized spacial score (nSPS) is 40.4. The van der Waals surface area contributed by atoms with E-state index in [1.54, 1.807) is 0 Å². The van der Waals surface area contributed by atoms with Gasteiger partial charge in [0.15, 0.2) is 0 Å². The lowest BCUT2D eigenvalue weighted by Gasteiger charge is -2.34. The zero-order valence-electron chi connectivity index (χ0n) is 8.52. The lowest BCUT2D eigenvalue weighted by molar-refractivity contribution is -0.115. The van der Waals surface area contributed by atoms with Crippen molar-refractivity contribution in [3.05, 3.63) is 24.8 Å². The summed E-state index contributed by atoms with van der Waals surface area (Å²) in [5, 5.41) is 0. The Morgan fingerprint density at radius 1 is 1.29 bits per heavy atom. The lowest BCUT2D eigenvalue weighted by Crippen LogP contribution is -2.38. The summed E-state index contributed by atoms with van der Waals surface area (Å²) in [6, 6.07) is 0. The maximum Gasteiger partial charge on any atom is 0.0940 e. The van der Waals surface area contributed by atoms with Crippen LogP contribution < -0.4 is 0 Å². The number of fused-ring (bicyclic) bond motifs is 1. The molecule has 0 unspecified atom stereocenters. The van der Waals surface area contributed by atoms with Crippen molar-refractivity contribution in [3.63, 3.8) is 0 Å². The zero-order valence-corrected chi connectivity index (χ0v) is 8.52. The van der Waals surface area contributed by atoms with Gasteiger partial charge in [0.2, 0.25) is 0 Å². The average Bonchev–Trinajstić information content (AvgIpc) is 2.19. The highest BCUT2D eigenvalue weighted by Crippen LogP contribution is 2.24. The average molecular weight is 194 g/mol. The summed E-state index contributed by atoms with van der Waals surface area (Å²) >= 11 is 0. The summed E-state index contributed by atoms with van der Waals surface area (Å²) in [6.07, 6.45) is 11.2. The molecule has 0 aliphatic carbocycles. The first-order valence-electron chi connectivity index (χ1n) is 5.46. The predicted octanol–water partition coefficient (Wildman–Crippen LogP) is 2.46. The molecule has 78 valence electrons. The molecule has 0 aromatic rings. The number of allylic oxidation sites excluding steroid dienone is 1. The van der Waals surface area contributed by atoms with E-state index in [0.717, 1.165) is 32.3 Å². The molecule has 2 nitrogen and oxygen atoms in total. The maximum atomic E-state index is 5.91. The molecule has 0 N–H and O–H groups in total. The monoisotopic (exact) mass is 194 g/mol. The van der Waals surface area contributed by atoms with Gasteiger partial charge in [-0.25, -0.2) is 0 Å². The van der Waals surface area contributed by atoms with Gasteiger partial charge in [0.25, 0.3) is 0 Å². The molecule has 0 saturated carbocycles. The van der Waals surface area contributed by atoms with Crippen LogP contribution in [0.1, 0.15) is 25.7 Å². The Kier molecular flexibility index (Phi) is 3.38. The summed E-state index contributed by atoms with van der Waals surface area (Å²) in [6.45, 7) is 4.67. The minimum atomic E-state index is 0.0736. The molecule has 2 aliphatic rings. The molecule has 2 heteroatoms. The van der Waals surface area contributed by atoms with E-state index in [4.69, 9.17) is 9.47 Å². The molecule has 2 heterocycles. The van der Waals surface area contributed by atoms with E-state index in [-0.39, 0.29) is 12.2 Å². The van der Waals surface area contributed by atoms with Gasteiger partial charge < -0.3 is 9.47 Å². The van der Waals surface area contributed by atoms with Crippen LogP contribution in [0.2, 0.25) is 0 Å². The van der Waals surface area contributed by atoms with Gasteiger partial charge in [0.05, 0.1) is 18.3 Å². The quantitative estimate of drug-likeness (QED) is 0.597. The molecule has 0 radical (unpaired) electrons. The van der Waals surface area contributed by atoms with Crippen LogP contribution in [0, 0.1) is 0 Å². The van der Waals surface area contributed by atoms with Crippen LogP contribution >= 0.6 is 0 Å². The predicted molar refractivity (Wildman–Crippen MR) is 56.2 cm³/mol. The summed E-state index contributed by atoms with van der Waals surface area (Å²) in [7, 11) is 0. The van der Waals surface area contributed by atoms with Gasteiger partial charge in [0.1, 0.15) is 0 Å². The molecule has 1 fully saturated rings. The van der Waals surface area contributed by atoms with Crippen molar-refractivity contribution in [2.45, 2.75) is 44.0 Å². The molecule has 2 aliphatic heterocycles. The fourth-order valence-electron chi connectivity index (χ4n) is 2.11. The van der Waals surface area contributed by atoms with Crippen LogP contribution in [0.15, 0.2) is 24.8 Å². The largest absolute Gasteiger partial charge is 0.376 e. The van der Waals surface area contributed by atoms with Crippen molar-refractivity contribution in [2.75, 3.05) is 6.61 Å². The molecule has 0 amide bonds. The van der Waals surface area contributed by atoms with E-state index in [0.29, 0.717) is 6.10 Å². The van der Waals surface area contributed by atoms with Crippen LogP contribution in [-0.2, 0) is 9.47 Å². The first-order valence-corrected chi connectivity index (χ1v) is 5.46. The topological polar surface area (TPSA) is 18.5 Å². The second kappa shape index (κ2) is 4.76. The molecular formula is C12H18O2. The minimum absolute atomic E-state index is 0.0736. The molecule has 2 rings (SSSR count). The van der Waals surface area contributed by atoms with Crippen molar-refractivity contribution in [3.8, 4) is 0 Å². The molecular weight excluding hydrogens is 176 g/mol. The maximum absolute atomic E-state index is 5.91. The molecule has 0 aromatic heterocycles. The van der Waals surface area contributed by atoms with Gasteiger partial charge in [-0.1, -0.05) is 18.2 Å². The van der Waals surface area contributed by atoms with Crippen molar-refractivity contribution in [1.29, 1.82) is 0 Å². The zero-order chi connectivity index (χ0) is 9.80. The second-order valence-electron chi connectivity index (χ2n) is 3.93. The third-order valence-corrected chi connectivity index (χ3v) is 2.89. The third-order valence-electron chi connectivity index (χ3n) is 2.89. The molecule has 14 heavy (non-hydrogen) atoms. The van der Waals surface area contributed by atoms with Crippen molar-refractivity contribution in [1.82, 2.24) is 0 Å². The Labute approximate surface area is 85.6 Å². The van der Waals surface area contributed by atoms with E-state index in [9.17, 15) is 0 Å². The molecule has 1 saturated heterocycles. The van der Waals surface area contributed by atoms with E-state index in [2.05, 4.69) is 18.7 Å². The third kappa shape index (κ3) is 2.25. The Balaban J connectivity index is 2.03. The SMILES string of the molecule is C=C[C@@H]1/C=C\CC[C@H]2OCCC[C@@H]2O1. The van der Waals surface area contributed by atoms with Crippen molar-refractivity contribution in [2.24, 2.45) is 0 Å². The highest BCUT2D eigenvalue weighted by Gasteiger charge is 2.28. The molecule has 3 atom stereocenters. The standard InChI is InChI=1S/C12H18O2/c1-2-10-6-3-4-7-11-12(14-10)8-5-9-13-11/h2-3,6,10-12H,1,4-5,7-9H2/b6-3-/t10-,11-,12+/m1/s1. The van der Waals surface area contributed by atoms with Crippen LogP contribution in [0.4, 0.5) is 0 Å². The van der Waals surface area contributed by atoms with Gasteiger partial charge in [0, 0.05) is 6.61 Å². The molecule has 0 spiro atoms. The van der Waals surface area contributed by atoms with E-state index >= 15 is 0 Å². The minimum Gasteiger partial charge on any atom is -0.376 e. The van der Waals surface area contributed by atoms with Gasteiger partial charge in [-0.15, -0.1) is 6.58 Å². The smallest absolute Gasteiger partial charge is 0.0940 e. The van der Waals surface area contributed by atoms with Gasteiger partial charge >= 0.3 is 0 Å². The summed E-state index contributed by atoms with van der Waals surface area (Å²) in [4.78, 5) is 0. The Morgan fingerprint density at radius 2 is 2.21 bits per heavy atom. The van der Waals surface area contributed by atoms with E-state index in [1.807, 2.05) is 6.08 Å². The van der Waals surface area contributed by atoms with Gasteiger partial charge in [-0.3, -0.25) is 0 Å². The number of ether oxygens (including phenoxy) is 2.